The van der Waals surface area contributed by atoms with E-state index < -0.39 is 13.3 Å². The van der Waals surface area contributed by atoms with E-state index in [1.807, 2.05) is 11.0 Å². The highest BCUT2D eigenvalue weighted by Gasteiger charge is 2.30. The lowest BCUT2D eigenvalue weighted by atomic mass is 9.61. The lowest BCUT2D eigenvalue weighted by Gasteiger charge is -2.36. The van der Waals surface area contributed by atoms with E-state index in [9.17, 15) is 13.6 Å². The largest absolute Gasteiger partial charge is 0.368 e. The Hall–Kier alpha value is -4.46. The van der Waals surface area contributed by atoms with E-state index in [0.29, 0.717) is 35.8 Å². The molecule has 2 aliphatic heterocycles. The third-order valence-corrected chi connectivity index (χ3v) is 7.40. The fourth-order valence-electron chi connectivity index (χ4n) is 5.41. The summed E-state index contributed by atoms with van der Waals surface area (Å²) in [7, 11) is 0. The molecule has 0 atom stereocenters. The quantitative estimate of drug-likeness (QED) is 0.221. The molecule has 2 aliphatic rings. The van der Waals surface area contributed by atoms with Gasteiger partial charge in [0.05, 0.1) is 17.6 Å². The number of benzene rings is 1. The van der Waals surface area contributed by atoms with Crippen LogP contribution in [-0.2, 0) is 11.2 Å². The van der Waals surface area contributed by atoms with Crippen LogP contribution in [0.1, 0.15) is 37.1 Å². The molecule has 2 aromatic heterocycles. The molecule has 1 aromatic carbocycles. The summed E-state index contributed by atoms with van der Waals surface area (Å²) in [5.74, 6) is 4.70. The number of aryl methyl sites for hydroxylation is 1. The van der Waals surface area contributed by atoms with Crippen LogP contribution in [0.15, 0.2) is 53.7 Å². The summed E-state index contributed by atoms with van der Waals surface area (Å²) in [6, 6.07) is 6.24. The standard InChI is InChI=1S/C30H32BF2N7O/c1-4-7-25(39-15-13-38(20-41)14-16-39)23-9-8-22(17-21(23)6-3)36-29-30-35-19-26(40(30)12-11-34-29)24-18-31(10-5-2)37-27(24)28(32)33/h2,7-9,11-12,17-20,28H,4,6,10,13-16H2,1,3H3,(H,34,36)/b25-7-. The number of carbonyl (C=O) groups excluding carboxylic acids is 1. The zero-order valence-electron chi connectivity index (χ0n) is 23.2. The van der Waals surface area contributed by atoms with E-state index in [1.54, 1.807) is 29.0 Å². The summed E-state index contributed by atoms with van der Waals surface area (Å²) >= 11 is 0. The molecular formula is C30H32BF2N7O. The minimum atomic E-state index is -2.72. The maximum Gasteiger partial charge on any atom is 0.317 e. The average Bonchev–Trinajstić information content (AvgIpc) is 3.61. The number of nitrogens with one attached hydrogen (secondary N) is 1. The lowest BCUT2D eigenvalue weighted by Crippen LogP contribution is -2.44. The topological polar surface area (TPSA) is 78.1 Å². The number of rotatable bonds is 10. The highest BCUT2D eigenvalue weighted by atomic mass is 19.3. The van der Waals surface area contributed by atoms with E-state index in [2.05, 4.69) is 63.1 Å². The highest BCUT2D eigenvalue weighted by molar-refractivity contribution is 6.71. The van der Waals surface area contributed by atoms with Crippen molar-refractivity contribution < 1.29 is 13.6 Å². The molecule has 1 N–H and O–H groups in total. The van der Waals surface area contributed by atoms with Crippen molar-refractivity contribution in [1.82, 2.24) is 24.2 Å². The van der Waals surface area contributed by atoms with Crippen LogP contribution in [0.25, 0.3) is 16.9 Å². The molecule has 3 aromatic rings. The summed E-state index contributed by atoms with van der Waals surface area (Å²) < 4.78 is 29.4. The maximum atomic E-state index is 13.8. The van der Waals surface area contributed by atoms with Crippen molar-refractivity contribution >= 4 is 47.4 Å². The number of hydrogen-bond donors (Lipinski definition) is 1. The average molecular weight is 555 g/mol. The Morgan fingerprint density at radius 2 is 2.02 bits per heavy atom. The van der Waals surface area contributed by atoms with Crippen molar-refractivity contribution in [2.75, 3.05) is 31.5 Å². The van der Waals surface area contributed by atoms with Crippen molar-refractivity contribution in [3.8, 4) is 12.3 Å². The number of anilines is 2. The molecule has 0 radical (unpaired) electrons. The molecule has 210 valence electrons. The first-order chi connectivity index (χ1) is 20.0. The minimum Gasteiger partial charge on any atom is -0.368 e. The SMILES string of the molecule is C#CCB1C=C(c2cnc3c(Nc4ccc(/C(=C/CC)N5CCN(C=O)CC5)c(CC)c4)nccn23)C(C(F)F)=N1. The van der Waals surface area contributed by atoms with Crippen LogP contribution in [0.2, 0.25) is 6.32 Å². The molecule has 4 heterocycles. The lowest BCUT2D eigenvalue weighted by molar-refractivity contribution is -0.119. The third kappa shape index (κ3) is 5.73. The number of terminal acetylenes is 1. The Morgan fingerprint density at radius 3 is 2.71 bits per heavy atom. The van der Waals surface area contributed by atoms with Gasteiger partial charge in [0.2, 0.25) is 6.41 Å². The fourth-order valence-corrected chi connectivity index (χ4v) is 5.41. The van der Waals surface area contributed by atoms with Gasteiger partial charge in [-0.25, -0.2) is 18.7 Å². The Morgan fingerprint density at radius 1 is 1.22 bits per heavy atom. The molecule has 0 unspecified atom stereocenters. The maximum absolute atomic E-state index is 13.8. The summed E-state index contributed by atoms with van der Waals surface area (Å²) in [5, 5.41) is 3.38. The van der Waals surface area contributed by atoms with Gasteiger partial charge in [0.25, 0.3) is 6.43 Å². The van der Waals surface area contributed by atoms with Gasteiger partial charge >= 0.3 is 6.85 Å². The molecule has 0 aliphatic carbocycles. The third-order valence-electron chi connectivity index (χ3n) is 7.40. The van der Waals surface area contributed by atoms with Gasteiger partial charge in [0.1, 0.15) is 0 Å². The molecule has 1 amide bonds. The summed E-state index contributed by atoms with van der Waals surface area (Å²) in [6.07, 6.45) is 12.7. The molecule has 0 bridgehead atoms. The van der Waals surface area contributed by atoms with Crippen molar-refractivity contribution in [1.29, 1.82) is 0 Å². The first-order valence-corrected chi connectivity index (χ1v) is 13.9. The Balaban J connectivity index is 1.43. The van der Waals surface area contributed by atoms with Gasteiger partial charge < -0.3 is 20.0 Å². The number of piperazine rings is 1. The van der Waals surface area contributed by atoms with E-state index in [4.69, 9.17) is 6.42 Å². The van der Waals surface area contributed by atoms with Crippen LogP contribution in [0, 0.1) is 12.3 Å². The molecule has 41 heavy (non-hydrogen) atoms. The van der Waals surface area contributed by atoms with Crippen molar-refractivity contribution in [3.05, 3.63) is 65.7 Å². The molecule has 1 saturated heterocycles. The smallest absolute Gasteiger partial charge is 0.317 e. The van der Waals surface area contributed by atoms with Crippen LogP contribution in [0.5, 0.6) is 0 Å². The van der Waals surface area contributed by atoms with Crippen LogP contribution in [0.4, 0.5) is 20.3 Å². The van der Waals surface area contributed by atoms with Crippen molar-refractivity contribution in [3.63, 3.8) is 0 Å². The van der Waals surface area contributed by atoms with Crippen molar-refractivity contribution in [2.45, 2.75) is 39.4 Å². The van der Waals surface area contributed by atoms with E-state index in [1.165, 1.54) is 16.8 Å². The first-order valence-electron chi connectivity index (χ1n) is 13.9. The van der Waals surface area contributed by atoms with Crippen molar-refractivity contribution in [2.24, 2.45) is 4.90 Å². The van der Waals surface area contributed by atoms with E-state index in [0.717, 1.165) is 38.0 Å². The second-order valence-corrected chi connectivity index (χ2v) is 9.96. The molecule has 8 nitrogen and oxygen atoms in total. The minimum absolute atomic E-state index is 0.255. The number of carbonyl (C=O) groups is 1. The Labute approximate surface area is 239 Å². The predicted molar refractivity (Wildman–Crippen MR) is 160 cm³/mol. The highest BCUT2D eigenvalue weighted by Crippen LogP contribution is 2.31. The fraction of sp³-hybridized carbons (Fsp3) is 0.333. The molecule has 0 spiro atoms. The van der Waals surface area contributed by atoms with E-state index >= 15 is 0 Å². The second kappa shape index (κ2) is 12.4. The number of allylic oxidation sites excluding steroid dienone is 2. The monoisotopic (exact) mass is 555 g/mol. The van der Waals surface area contributed by atoms with Gasteiger partial charge in [-0.05, 0) is 30.5 Å². The summed E-state index contributed by atoms with van der Waals surface area (Å²) in [4.78, 5) is 28.5. The van der Waals surface area contributed by atoms with Gasteiger partial charge in [-0.15, -0.1) is 12.3 Å². The summed E-state index contributed by atoms with van der Waals surface area (Å²) in [5.41, 5.74) is 5.47. The number of fused-ring (bicyclic) bond motifs is 1. The molecule has 11 heteroatoms. The van der Waals surface area contributed by atoms with Gasteiger partial charge in [0, 0.05) is 67.4 Å². The number of aromatic nitrogens is 3. The number of alkyl halides is 2. The molecule has 5 rings (SSSR count). The van der Waals surface area contributed by atoms with Crippen LogP contribution < -0.4 is 5.32 Å². The number of amides is 1. The number of halogens is 2. The van der Waals surface area contributed by atoms with Gasteiger partial charge in [-0.1, -0.05) is 32.0 Å². The van der Waals surface area contributed by atoms with Crippen LogP contribution in [0.3, 0.4) is 0 Å². The van der Waals surface area contributed by atoms with Crippen LogP contribution in [-0.4, -0.2) is 75.7 Å². The van der Waals surface area contributed by atoms with Gasteiger partial charge in [-0.2, -0.15) is 0 Å². The number of nitrogens with zero attached hydrogens (tertiary/aromatic N) is 6. The van der Waals surface area contributed by atoms with Gasteiger partial charge in [0.15, 0.2) is 11.5 Å². The van der Waals surface area contributed by atoms with Gasteiger partial charge in [-0.3, -0.25) is 9.20 Å². The second-order valence-electron chi connectivity index (χ2n) is 9.96. The molecule has 1 fully saturated rings. The van der Waals surface area contributed by atoms with E-state index in [-0.39, 0.29) is 12.0 Å². The first kappa shape index (κ1) is 28.1. The zero-order chi connectivity index (χ0) is 28.9. The van der Waals surface area contributed by atoms with Crippen LogP contribution >= 0.6 is 0 Å². The summed E-state index contributed by atoms with van der Waals surface area (Å²) in [6.45, 7) is 6.78. The number of hydrogen-bond acceptors (Lipinski definition) is 6. The Kier molecular flexibility index (Phi) is 8.48. The zero-order valence-corrected chi connectivity index (χ0v) is 23.2. The predicted octanol–water partition coefficient (Wildman–Crippen LogP) is 4.83. The Bertz CT molecular complexity index is 1560. The number of imidazole rings is 1. The molecular weight excluding hydrogens is 523 g/mol. The molecule has 0 saturated carbocycles. The normalized spacial score (nSPS) is 15.8.